The van der Waals surface area contributed by atoms with Crippen LogP contribution in [0.3, 0.4) is 0 Å². The molecule has 0 radical (unpaired) electrons. The molecular weight excluding hydrogens is 677 g/mol. The molecule has 0 bridgehead atoms. The molecule has 278 valence electrons. The number of hydrogen-bond donors (Lipinski definition) is 5. The van der Waals surface area contributed by atoms with E-state index in [1.807, 2.05) is 118 Å². The predicted molar refractivity (Wildman–Crippen MR) is 206 cm³/mol. The van der Waals surface area contributed by atoms with Crippen LogP contribution in [-0.4, -0.2) is 59.7 Å². The van der Waals surface area contributed by atoms with Crippen molar-refractivity contribution in [3.8, 4) is 0 Å². The summed E-state index contributed by atoms with van der Waals surface area (Å²) < 4.78 is 5.49. The number of benzene rings is 3. The van der Waals surface area contributed by atoms with E-state index >= 15 is 0 Å². The van der Waals surface area contributed by atoms with E-state index in [9.17, 15) is 24.3 Å². The van der Waals surface area contributed by atoms with Crippen LogP contribution < -0.4 is 21.3 Å². The number of amides is 4. The highest BCUT2D eigenvalue weighted by Gasteiger charge is 2.33. The standard InChI is InChI=1S/C41H52N4O6S/c1-5-27(3)25-42-37(47)24-36(46)38(28(4)6-2)45-40(49)35(23-32-19-13-21-52-32)43-39(48)34(44-41(50)51-26-29-14-8-7-9-15-29)22-31-18-12-17-30-16-10-11-20-33(30)31/h7-21,27-28,34-36,38,46H,5-6,22-26H2,1-4H3,(H,42,47)(H,43,48)(H,44,50)(H,45,49)/t27?,28?,34-,35-,36?,38?/m0/s1. The second-order valence-corrected chi connectivity index (χ2v) is 14.5. The van der Waals surface area contributed by atoms with Crippen molar-refractivity contribution >= 4 is 45.9 Å². The third-order valence-electron chi connectivity index (χ3n) is 9.46. The molecule has 4 rings (SSSR count). The maximum atomic E-state index is 14.2. The van der Waals surface area contributed by atoms with Gasteiger partial charge in [-0.15, -0.1) is 11.3 Å². The van der Waals surface area contributed by atoms with E-state index in [4.69, 9.17) is 4.74 Å². The third kappa shape index (κ3) is 12.2. The summed E-state index contributed by atoms with van der Waals surface area (Å²) in [5.74, 6) is -1.22. The highest BCUT2D eigenvalue weighted by atomic mass is 32.1. The van der Waals surface area contributed by atoms with Crippen LogP contribution in [0.5, 0.6) is 0 Å². The lowest BCUT2D eigenvalue weighted by Gasteiger charge is -2.31. The SMILES string of the molecule is CCC(C)CNC(=O)CC(O)C(NC(=O)[C@H](Cc1cccs1)NC(=O)[C@H](Cc1cccc2ccccc12)NC(=O)OCc1ccccc1)C(C)CC. The molecule has 0 saturated carbocycles. The van der Waals surface area contributed by atoms with Crippen LogP contribution >= 0.6 is 11.3 Å². The van der Waals surface area contributed by atoms with Crippen molar-refractivity contribution in [2.45, 2.75) is 90.6 Å². The van der Waals surface area contributed by atoms with E-state index in [2.05, 4.69) is 21.3 Å². The highest BCUT2D eigenvalue weighted by Crippen LogP contribution is 2.21. The summed E-state index contributed by atoms with van der Waals surface area (Å²) in [7, 11) is 0. The van der Waals surface area contributed by atoms with Gasteiger partial charge in [0, 0.05) is 24.3 Å². The van der Waals surface area contributed by atoms with Crippen molar-refractivity contribution in [1.82, 2.24) is 21.3 Å². The van der Waals surface area contributed by atoms with Gasteiger partial charge in [-0.2, -0.15) is 0 Å². The van der Waals surface area contributed by atoms with E-state index in [1.54, 1.807) is 0 Å². The number of aliphatic hydroxyl groups is 1. The van der Waals surface area contributed by atoms with Crippen molar-refractivity contribution in [2.75, 3.05) is 6.54 Å². The van der Waals surface area contributed by atoms with Crippen LogP contribution in [0.4, 0.5) is 4.79 Å². The van der Waals surface area contributed by atoms with Gasteiger partial charge in [0.2, 0.25) is 17.7 Å². The van der Waals surface area contributed by atoms with Crippen LogP contribution in [0.15, 0.2) is 90.3 Å². The molecule has 5 N–H and O–H groups in total. The minimum absolute atomic E-state index is 0.0215. The summed E-state index contributed by atoms with van der Waals surface area (Å²) in [6.07, 6.45) is -0.201. The quantitative estimate of drug-likeness (QED) is 0.0812. The zero-order chi connectivity index (χ0) is 37.5. The lowest BCUT2D eigenvalue weighted by molar-refractivity contribution is -0.131. The number of thiophene rings is 1. The Morgan fingerprint density at radius 2 is 1.46 bits per heavy atom. The predicted octanol–water partition coefficient (Wildman–Crippen LogP) is 5.91. The summed E-state index contributed by atoms with van der Waals surface area (Å²) in [6, 6.07) is 23.7. The molecule has 4 amide bonds. The van der Waals surface area contributed by atoms with Gasteiger partial charge in [-0.1, -0.05) is 119 Å². The van der Waals surface area contributed by atoms with Crippen LogP contribution in [-0.2, 0) is 38.6 Å². The zero-order valence-electron chi connectivity index (χ0n) is 30.5. The number of rotatable bonds is 19. The van der Waals surface area contributed by atoms with Gasteiger partial charge in [-0.3, -0.25) is 14.4 Å². The topological polar surface area (TPSA) is 146 Å². The fourth-order valence-electron chi connectivity index (χ4n) is 5.88. The Kier molecular flexibility index (Phi) is 15.7. The van der Waals surface area contributed by atoms with E-state index in [-0.39, 0.29) is 37.7 Å². The second-order valence-electron chi connectivity index (χ2n) is 13.5. The molecule has 0 saturated heterocycles. The van der Waals surface area contributed by atoms with Gasteiger partial charge < -0.3 is 31.1 Å². The maximum absolute atomic E-state index is 14.2. The minimum Gasteiger partial charge on any atom is -0.445 e. The van der Waals surface area contributed by atoms with Gasteiger partial charge in [-0.05, 0) is 45.2 Å². The number of alkyl carbamates (subject to hydrolysis) is 1. The molecule has 1 aromatic heterocycles. The molecule has 4 aromatic rings. The average Bonchev–Trinajstić information content (AvgIpc) is 3.68. The monoisotopic (exact) mass is 728 g/mol. The van der Waals surface area contributed by atoms with Gasteiger partial charge in [0.1, 0.15) is 18.7 Å². The Bertz CT molecular complexity index is 1730. The van der Waals surface area contributed by atoms with Gasteiger partial charge in [0.15, 0.2) is 0 Å². The van der Waals surface area contributed by atoms with Gasteiger partial charge in [0.25, 0.3) is 0 Å². The fraction of sp³-hybridized carbons (Fsp3) is 0.415. The Morgan fingerprint density at radius 3 is 2.17 bits per heavy atom. The molecule has 52 heavy (non-hydrogen) atoms. The smallest absolute Gasteiger partial charge is 0.408 e. The van der Waals surface area contributed by atoms with Gasteiger partial charge in [-0.25, -0.2) is 4.79 Å². The Labute approximate surface area is 310 Å². The third-order valence-corrected chi connectivity index (χ3v) is 10.4. The second kappa shape index (κ2) is 20.3. The summed E-state index contributed by atoms with van der Waals surface area (Å²) in [5.41, 5.74) is 1.64. The molecule has 0 fully saturated rings. The van der Waals surface area contributed by atoms with Crippen LogP contribution in [0.25, 0.3) is 10.8 Å². The van der Waals surface area contributed by atoms with Crippen LogP contribution in [0.2, 0.25) is 0 Å². The Morgan fingerprint density at radius 1 is 0.769 bits per heavy atom. The van der Waals surface area contributed by atoms with Crippen LogP contribution in [0.1, 0.15) is 63.0 Å². The number of aliphatic hydroxyl groups excluding tert-OH is 1. The van der Waals surface area contributed by atoms with E-state index in [0.717, 1.165) is 33.2 Å². The number of ether oxygens (including phenoxy) is 1. The number of carbonyl (C=O) groups is 4. The summed E-state index contributed by atoms with van der Waals surface area (Å²) >= 11 is 1.45. The molecule has 11 heteroatoms. The molecule has 4 unspecified atom stereocenters. The average molecular weight is 729 g/mol. The summed E-state index contributed by atoms with van der Waals surface area (Å²) in [4.78, 5) is 55.0. The van der Waals surface area contributed by atoms with Crippen LogP contribution in [0, 0.1) is 11.8 Å². The Balaban J connectivity index is 1.55. The zero-order valence-corrected chi connectivity index (χ0v) is 31.3. The fourth-order valence-corrected chi connectivity index (χ4v) is 6.63. The molecular formula is C41H52N4O6S. The summed E-state index contributed by atoms with van der Waals surface area (Å²) in [5, 5.41) is 26.5. The van der Waals surface area contributed by atoms with Gasteiger partial charge in [0.05, 0.1) is 18.6 Å². The van der Waals surface area contributed by atoms with Crippen molar-refractivity contribution in [3.63, 3.8) is 0 Å². The van der Waals surface area contributed by atoms with E-state index < -0.39 is 42.1 Å². The first-order chi connectivity index (χ1) is 25.1. The molecule has 3 aromatic carbocycles. The molecule has 0 aliphatic heterocycles. The largest absolute Gasteiger partial charge is 0.445 e. The van der Waals surface area contributed by atoms with Crippen molar-refractivity contribution in [3.05, 3.63) is 106 Å². The molecule has 10 nitrogen and oxygen atoms in total. The molecule has 0 aliphatic carbocycles. The molecule has 0 aliphatic rings. The van der Waals surface area contributed by atoms with Crippen molar-refractivity contribution < 1.29 is 29.0 Å². The lowest BCUT2D eigenvalue weighted by atomic mass is 9.91. The molecule has 1 heterocycles. The first-order valence-corrected chi connectivity index (χ1v) is 19.0. The lowest BCUT2D eigenvalue weighted by Crippen LogP contribution is -2.58. The maximum Gasteiger partial charge on any atom is 0.408 e. The first kappa shape index (κ1) is 40.0. The van der Waals surface area contributed by atoms with Crippen molar-refractivity contribution in [2.24, 2.45) is 11.8 Å². The molecule has 6 atom stereocenters. The number of hydrogen-bond acceptors (Lipinski definition) is 7. The first-order valence-electron chi connectivity index (χ1n) is 18.1. The Hall–Kier alpha value is -4.74. The van der Waals surface area contributed by atoms with Gasteiger partial charge >= 0.3 is 6.09 Å². The number of nitrogens with one attached hydrogen (secondary N) is 4. The van der Waals surface area contributed by atoms with Crippen molar-refractivity contribution in [1.29, 1.82) is 0 Å². The number of fused-ring (bicyclic) bond motifs is 1. The summed E-state index contributed by atoms with van der Waals surface area (Å²) in [6.45, 7) is 8.47. The highest BCUT2D eigenvalue weighted by molar-refractivity contribution is 7.09. The van der Waals surface area contributed by atoms with E-state index in [0.29, 0.717) is 18.9 Å². The normalized spacial score (nSPS) is 14.6. The molecule has 0 spiro atoms. The minimum atomic E-state index is -1.14. The number of carbonyl (C=O) groups excluding carboxylic acids is 4. The van der Waals surface area contributed by atoms with E-state index in [1.165, 1.54) is 11.3 Å².